The molecule has 1 aliphatic rings. The van der Waals surface area contributed by atoms with Gasteiger partial charge in [-0.05, 0) is 37.8 Å². The van der Waals surface area contributed by atoms with Gasteiger partial charge >= 0.3 is 0 Å². The fraction of sp³-hybridized carbons (Fsp3) is 0.400. The second-order valence-electron chi connectivity index (χ2n) is 5.62. The molecule has 2 aromatic heterocycles. The molecular formula is C15H20Cl2N4OS. The van der Waals surface area contributed by atoms with Crippen molar-refractivity contribution >= 4 is 42.1 Å². The number of amides is 1. The normalized spacial score (nSPS) is 15.7. The van der Waals surface area contributed by atoms with Crippen LogP contribution in [0.1, 0.15) is 29.4 Å². The maximum absolute atomic E-state index is 12.4. The summed E-state index contributed by atoms with van der Waals surface area (Å²) >= 11 is 1.39. The van der Waals surface area contributed by atoms with Crippen LogP contribution in [0.4, 0.5) is 0 Å². The number of nitrogens with zero attached hydrogens (tertiary/aromatic N) is 2. The fourth-order valence-corrected chi connectivity index (χ4v) is 3.19. The van der Waals surface area contributed by atoms with Gasteiger partial charge in [0.1, 0.15) is 9.88 Å². The van der Waals surface area contributed by atoms with E-state index in [2.05, 4.69) is 15.3 Å². The van der Waals surface area contributed by atoms with Crippen LogP contribution in [0.15, 0.2) is 30.7 Å². The van der Waals surface area contributed by atoms with Crippen molar-refractivity contribution in [1.82, 2.24) is 15.3 Å². The SMILES string of the molecule is CC(CN)(NC(=O)c1cnc(-c2ccncc2)s1)C1CC1.Cl.Cl. The minimum Gasteiger partial charge on any atom is -0.345 e. The Hall–Kier alpha value is -1.21. The van der Waals surface area contributed by atoms with Crippen LogP contribution in [-0.4, -0.2) is 28.0 Å². The molecule has 3 N–H and O–H groups in total. The predicted octanol–water partition coefficient (Wildman–Crippen LogP) is 2.91. The third-order valence-corrected chi connectivity index (χ3v) is 5.00. The number of nitrogens with two attached hydrogens (primary N) is 1. The number of thiazole rings is 1. The van der Waals surface area contributed by atoms with E-state index >= 15 is 0 Å². The van der Waals surface area contributed by atoms with Crippen molar-refractivity contribution in [1.29, 1.82) is 0 Å². The molecule has 1 unspecified atom stereocenters. The highest BCUT2D eigenvalue weighted by molar-refractivity contribution is 7.16. The van der Waals surface area contributed by atoms with Crippen molar-refractivity contribution in [2.24, 2.45) is 11.7 Å². The van der Waals surface area contributed by atoms with Crippen molar-refractivity contribution in [3.8, 4) is 10.6 Å². The van der Waals surface area contributed by atoms with Crippen LogP contribution in [0.2, 0.25) is 0 Å². The van der Waals surface area contributed by atoms with Gasteiger partial charge in [-0.1, -0.05) is 0 Å². The summed E-state index contributed by atoms with van der Waals surface area (Å²) in [4.78, 5) is 21.3. The Balaban J connectivity index is 0.00000132. The molecule has 0 spiro atoms. The maximum atomic E-state index is 12.4. The standard InChI is InChI=1S/C15H18N4OS.2ClH/c1-15(9-16,11-2-3-11)19-13(20)12-8-18-14(21-12)10-4-6-17-7-5-10;;/h4-8,11H,2-3,9,16H2,1H3,(H,19,20);2*1H. The van der Waals surface area contributed by atoms with Gasteiger partial charge in [0.15, 0.2) is 0 Å². The van der Waals surface area contributed by atoms with Crippen molar-refractivity contribution in [3.05, 3.63) is 35.6 Å². The lowest BCUT2D eigenvalue weighted by Gasteiger charge is -2.29. The monoisotopic (exact) mass is 374 g/mol. The summed E-state index contributed by atoms with van der Waals surface area (Å²) in [6.45, 7) is 2.48. The molecule has 2 heterocycles. The van der Waals surface area contributed by atoms with Crippen molar-refractivity contribution in [2.75, 3.05) is 6.54 Å². The summed E-state index contributed by atoms with van der Waals surface area (Å²) in [6, 6.07) is 3.77. The zero-order chi connectivity index (χ0) is 14.9. The summed E-state index contributed by atoms with van der Waals surface area (Å²) < 4.78 is 0. The van der Waals surface area contributed by atoms with Gasteiger partial charge in [0, 0.05) is 24.5 Å². The predicted molar refractivity (Wildman–Crippen MR) is 97.5 cm³/mol. The quantitative estimate of drug-likeness (QED) is 0.842. The highest BCUT2D eigenvalue weighted by Crippen LogP contribution is 2.39. The number of hydrogen-bond donors (Lipinski definition) is 2. The van der Waals surface area contributed by atoms with E-state index in [1.807, 2.05) is 19.1 Å². The highest BCUT2D eigenvalue weighted by atomic mass is 35.5. The van der Waals surface area contributed by atoms with Crippen LogP contribution in [0.3, 0.4) is 0 Å². The third kappa shape index (κ3) is 4.41. The number of carbonyl (C=O) groups excluding carboxylic acids is 1. The lowest BCUT2D eigenvalue weighted by Crippen LogP contribution is -2.53. The van der Waals surface area contributed by atoms with Crippen molar-refractivity contribution in [2.45, 2.75) is 25.3 Å². The van der Waals surface area contributed by atoms with E-state index in [9.17, 15) is 4.79 Å². The first kappa shape index (κ1) is 19.8. The van der Waals surface area contributed by atoms with E-state index in [1.165, 1.54) is 11.3 Å². The number of pyridine rings is 1. The lowest BCUT2D eigenvalue weighted by atomic mass is 9.96. The van der Waals surface area contributed by atoms with E-state index in [4.69, 9.17) is 5.73 Å². The molecule has 0 saturated heterocycles. The van der Waals surface area contributed by atoms with Crippen molar-refractivity contribution < 1.29 is 4.79 Å². The Bertz CT molecular complexity index is 648. The fourth-order valence-electron chi connectivity index (χ4n) is 2.37. The largest absolute Gasteiger partial charge is 0.345 e. The first-order chi connectivity index (χ1) is 10.1. The second-order valence-corrected chi connectivity index (χ2v) is 6.65. The van der Waals surface area contributed by atoms with Gasteiger partial charge in [0.05, 0.1) is 11.7 Å². The Kier molecular flexibility index (Phi) is 6.95. The Morgan fingerprint density at radius 2 is 2.04 bits per heavy atom. The van der Waals surface area contributed by atoms with Crippen LogP contribution in [0.25, 0.3) is 10.6 Å². The molecule has 1 fully saturated rings. The van der Waals surface area contributed by atoms with Crippen LogP contribution in [-0.2, 0) is 0 Å². The molecular weight excluding hydrogens is 355 g/mol. The molecule has 126 valence electrons. The molecule has 5 nitrogen and oxygen atoms in total. The zero-order valence-corrected chi connectivity index (χ0v) is 15.1. The Labute approximate surface area is 151 Å². The van der Waals surface area contributed by atoms with Gasteiger partial charge in [-0.3, -0.25) is 9.78 Å². The number of rotatable bonds is 5. The first-order valence-corrected chi connectivity index (χ1v) is 7.83. The molecule has 3 rings (SSSR count). The average molecular weight is 375 g/mol. The number of halogens is 2. The maximum Gasteiger partial charge on any atom is 0.263 e. The molecule has 0 radical (unpaired) electrons. The van der Waals surface area contributed by atoms with Gasteiger partial charge in [0.25, 0.3) is 5.91 Å². The molecule has 1 atom stereocenters. The van der Waals surface area contributed by atoms with E-state index in [0.717, 1.165) is 23.4 Å². The summed E-state index contributed by atoms with van der Waals surface area (Å²) in [5.74, 6) is 0.409. The summed E-state index contributed by atoms with van der Waals surface area (Å²) in [5, 5.41) is 3.90. The minimum absolute atomic E-state index is 0. The molecule has 1 amide bonds. The highest BCUT2D eigenvalue weighted by Gasteiger charge is 2.41. The van der Waals surface area contributed by atoms with Gasteiger partial charge in [0.2, 0.25) is 0 Å². The van der Waals surface area contributed by atoms with Crippen LogP contribution in [0.5, 0.6) is 0 Å². The molecule has 1 saturated carbocycles. The van der Waals surface area contributed by atoms with Crippen LogP contribution >= 0.6 is 36.2 Å². The third-order valence-electron chi connectivity index (χ3n) is 3.96. The lowest BCUT2D eigenvalue weighted by molar-refractivity contribution is 0.0902. The number of hydrogen-bond acceptors (Lipinski definition) is 5. The molecule has 0 bridgehead atoms. The summed E-state index contributed by atoms with van der Waals surface area (Å²) in [5.41, 5.74) is 6.50. The zero-order valence-electron chi connectivity index (χ0n) is 12.7. The second kappa shape index (κ2) is 8.06. The van der Waals surface area contributed by atoms with E-state index in [-0.39, 0.29) is 36.3 Å². The van der Waals surface area contributed by atoms with E-state index < -0.39 is 0 Å². The van der Waals surface area contributed by atoms with Crippen LogP contribution in [0, 0.1) is 5.92 Å². The smallest absolute Gasteiger partial charge is 0.263 e. The average Bonchev–Trinajstić information content (AvgIpc) is 3.26. The van der Waals surface area contributed by atoms with Gasteiger partial charge in [-0.2, -0.15) is 0 Å². The molecule has 2 aromatic rings. The summed E-state index contributed by atoms with van der Waals surface area (Å²) in [7, 11) is 0. The van der Waals surface area contributed by atoms with E-state index in [1.54, 1.807) is 18.6 Å². The molecule has 1 aliphatic carbocycles. The molecule has 0 aromatic carbocycles. The van der Waals surface area contributed by atoms with Gasteiger partial charge in [-0.25, -0.2) is 4.98 Å². The van der Waals surface area contributed by atoms with Crippen molar-refractivity contribution in [3.63, 3.8) is 0 Å². The molecule has 8 heteroatoms. The number of nitrogens with one attached hydrogen (secondary N) is 1. The van der Waals surface area contributed by atoms with E-state index in [0.29, 0.717) is 17.3 Å². The Morgan fingerprint density at radius 1 is 1.39 bits per heavy atom. The Morgan fingerprint density at radius 3 is 2.61 bits per heavy atom. The van der Waals surface area contributed by atoms with Crippen LogP contribution < -0.4 is 11.1 Å². The van der Waals surface area contributed by atoms with Gasteiger partial charge < -0.3 is 11.1 Å². The minimum atomic E-state index is -0.308. The van der Waals surface area contributed by atoms with Gasteiger partial charge in [-0.15, -0.1) is 36.2 Å². The molecule has 23 heavy (non-hydrogen) atoms. The molecule has 0 aliphatic heterocycles. The first-order valence-electron chi connectivity index (χ1n) is 7.01. The summed E-state index contributed by atoms with van der Waals surface area (Å²) in [6.07, 6.45) is 7.33. The number of aromatic nitrogens is 2. The topological polar surface area (TPSA) is 80.9 Å². The number of carbonyl (C=O) groups is 1.